The molecule has 0 spiro atoms. The monoisotopic (exact) mass is 286 g/mol. The summed E-state index contributed by atoms with van der Waals surface area (Å²) in [5.41, 5.74) is 0.268. The van der Waals surface area contributed by atoms with Gasteiger partial charge in [0.25, 0.3) is 0 Å². The molecule has 1 fully saturated rings. The minimum absolute atomic E-state index is 0.268. The molecule has 0 radical (unpaired) electrons. The largest absolute Gasteiger partial charge is 0.384 e. The number of hydrogen-bond acceptors (Lipinski definition) is 2. The first-order valence-corrected chi connectivity index (χ1v) is 11.6. The second kappa shape index (κ2) is 7.80. The predicted molar refractivity (Wildman–Crippen MR) is 85.5 cm³/mol. The van der Waals surface area contributed by atoms with Gasteiger partial charge in [-0.3, -0.25) is 0 Å². The Balaban J connectivity index is 2.78. The number of hydrogen-bond donors (Lipinski definition) is 0. The minimum Gasteiger partial charge on any atom is -0.384 e. The third kappa shape index (κ3) is 5.56. The first-order valence-electron chi connectivity index (χ1n) is 7.91. The molecular weight excluding hydrogens is 252 g/mol. The van der Waals surface area contributed by atoms with Gasteiger partial charge in [-0.2, -0.15) is 0 Å². The molecule has 19 heavy (non-hydrogen) atoms. The topological polar surface area (TPSA) is 18.5 Å². The van der Waals surface area contributed by atoms with Gasteiger partial charge in [0.15, 0.2) is 0 Å². The van der Waals surface area contributed by atoms with Crippen molar-refractivity contribution >= 4 is 8.07 Å². The third-order valence-corrected chi connectivity index (χ3v) is 6.46. The quantitative estimate of drug-likeness (QED) is 0.608. The average molecular weight is 287 g/mol. The van der Waals surface area contributed by atoms with E-state index in [1.807, 2.05) is 14.2 Å². The molecule has 114 valence electrons. The molecule has 0 bridgehead atoms. The summed E-state index contributed by atoms with van der Waals surface area (Å²) in [4.78, 5) is 0. The highest BCUT2D eigenvalue weighted by Crippen LogP contribution is 2.43. The van der Waals surface area contributed by atoms with Crippen LogP contribution in [0.1, 0.15) is 38.5 Å². The molecule has 0 heterocycles. The Hall–Kier alpha value is 0.137. The van der Waals surface area contributed by atoms with E-state index >= 15 is 0 Å². The molecule has 0 amide bonds. The summed E-state index contributed by atoms with van der Waals surface area (Å²) in [6, 6.07) is 1.39. The molecule has 1 rings (SSSR count). The zero-order chi connectivity index (χ0) is 14.4. The fourth-order valence-corrected chi connectivity index (χ4v) is 4.79. The second-order valence-electron chi connectivity index (χ2n) is 7.62. The van der Waals surface area contributed by atoms with Crippen molar-refractivity contribution in [3.8, 4) is 0 Å². The molecule has 0 aliphatic heterocycles. The van der Waals surface area contributed by atoms with Crippen molar-refractivity contribution in [1.29, 1.82) is 0 Å². The van der Waals surface area contributed by atoms with Gasteiger partial charge < -0.3 is 9.47 Å². The minimum atomic E-state index is -1.000. The van der Waals surface area contributed by atoms with Gasteiger partial charge in [-0.05, 0) is 25.2 Å². The molecule has 0 atom stereocenters. The third-order valence-electron chi connectivity index (χ3n) is 4.71. The van der Waals surface area contributed by atoms with E-state index in [1.54, 1.807) is 0 Å². The van der Waals surface area contributed by atoms with Crippen molar-refractivity contribution in [3.05, 3.63) is 0 Å². The van der Waals surface area contributed by atoms with Crippen LogP contribution in [0.2, 0.25) is 25.7 Å². The highest BCUT2D eigenvalue weighted by molar-refractivity contribution is 6.76. The second-order valence-corrected chi connectivity index (χ2v) is 13.2. The first kappa shape index (κ1) is 17.2. The maximum Gasteiger partial charge on any atom is 0.0543 e. The summed E-state index contributed by atoms with van der Waals surface area (Å²) in [6.07, 6.45) is 8.24. The molecule has 0 saturated heterocycles. The van der Waals surface area contributed by atoms with Crippen LogP contribution in [0.25, 0.3) is 0 Å². The molecule has 3 heteroatoms. The van der Waals surface area contributed by atoms with E-state index in [0.29, 0.717) is 0 Å². The van der Waals surface area contributed by atoms with Crippen LogP contribution >= 0.6 is 0 Å². The molecule has 0 N–H and O–H groups in total. The van der Waals surface area contributed by atoms with Crippen LogP contribution in [0.15, 0.2) is 0 Å². The maximum atomic E-state index is 5.61. The van der Waals surface area contributed by atoms with Gasteiger partial charge in [0.1, 0.15) is 0 Å². The van der Waals surface area contributed by atoms with Crippen molar-refractivity contribution < 1.29 is 9.47 Å². The lowest BCUT2D eigenvalue weighted by molar-refractivity contribution is -0.0434. The summed E-state index contributed by atoms with van der Waals surface area (Å²) < 4.78 is 11.2. The van der Waals surface area contributed by atoms with Crippen molar-refractivity contribution in [1.82, 2.24) is 0 Å². The molecule has 0 aromatic rings. The Morgan fingerprint density at radius 2 is 1.47 bits per heavy atom. The summed E-state index contributed by atoms with van der Waals surface area (Å²) in [5.74, 6) is 0.803. The molecule has 1 aliphatic rings. The Morgan fingerprint density at radius 1 is 0.947 bits per heavy atom. The summed E-state index contributed by atoms with van der Waals surface area (Å²) >= 11 is 0. The van der Waals surface area contributed by atoms with Crippen molar-refractivity contribution in [3.63, 3.8) is 0 Å². The highest BCUT2D eigenvalue weighted by atomic mass is 28.3. The normalized spacial score (nSPS) is 18.8. The van der Waals surface area contributed by atoms with Gasteiger partial charge in [-0.1, -0.05) is 44.9 Å². The van der Waals surface area contributed by atoms with Crippen molar-refractivity contribution in [2.75, 3.05) is 27.4 Å². The number of ether oxygens (including phenoxy) is 2. The zero-order valence-corrected chi connectivity index (χ0v) is 14.8. The van der Waals surface area contributed by atoms with Crippen LogP contribution in [0.5, 0.6) is 0 Å². The van der Waals surface area contributed by atoms with Crippen LogP contribution in [0.3, 0.4) is 0 Å². The van der Waals surface area contributed by atoms with Crippen LogP contribution in [-0.2, 0) is 9.47 Å². The van der Waals surface area contributed by atoms with E-state index in [4.69, 9.17) is 9.47 Å². The van der Waals surface area contributed by atoms with E-state index < -0.39 is 8.07 Å². The molecule has 1 saturated carbocycles. The van der Waals surface area contributed by atoms with Gasteiger partial charge in [0.2, 0.25) is 0 Å². The molecule has 0 aromatic carbocycles. The summed E-state index contributed by atoms with van der Waals surface area (Å²) in [7, 11) is 2.70. The summed E-state index contributed by atoms with van der Waals surface area (Å²) in [6.45, 7) is 9.15. The smallest absolute Gasteiger partial charge is 0.0543 e. The lowest BCUT2D eigenvalue weighted by Gasteiger charge is -2.43. The maximum absolute atomic E-state index is 5.61. The Bertz CT molecular complexity index is 236. The van der Waals surface area contributed by atoms with E-state index in [9.17, 15) is 0 Å². The van der Waals surface area contributed by atoms with E-state index in [2.05, 4.69) is 19.6 Å². The fraction of sp³-hybridized carbons (Fsp3) is 1.00. The van der Waals surface area contributed by atoms with Crippen molar-refractivity contribution in [2.45, 2.75) is 64.2 Å². The van der Waals surface area contributed by atoms with Gasteiger partial charge in [0.05, 0.1) is 13.2 Å². The number of methoxy groups -OCH3 is 2. The fourth-order valence-electron chi connectivity index (χ4n) is 3.54. The lowest BCUT2D eigenvalue weighted by atomic mass is 9.68. The van der Waals surface area contributed by atoms with Crippen LogP contribution < -0.4 is 0 Å². The van der Waals surface area contributed by atoms with Gasteiger partial charge in [0, 0.05) is 27.7 Å². The van der Waals surface area contributed by atoms with E-state index in [1.165, 1.54) is 44.6 Å². The Morgan fingerprint density at radius 3 is 1.89 bits per heavy atom. The Labute approximate surface area is 121 Å². The summed E-state index contributed by atoms with van der Waals surface area (Å²) in [5, 5.41) is 0. The van der Waals surface area contributed by atoms with Crippen LogP contribution in [-0.4, -0.2) is 35.5 Å². The van der Waals surface area contributed by atoms with E-state index in [0.717, 1.165) is 19.1 Å². The van der Waals surface area contributed by atoms with Gasteiger partial charge in [-0.25, -0.2) is 0 Å². The SMILES string of the molecule is COCC(CC[Si](C)(C)C)(COC)C1CCCCC1. The predicted octanol–water partition coefficient (Wildman–Crippen LogP) is 4.57. The van der Waals surface area contributed by atoms with Gasteiger partial charge in [-0.15, -0.1) is 0 Å². The molecular formula is C16H34O2Si. The lowest BCUT2D eigenvalue weighted by Crippen LogP contribution is -2.42. The average Bonchev–Trinajstić information content (AvgIpc) is 2.37. The van der Waals surface area contributed by atoms with Gasteiger partial charge >= 0.3 is 0 Å². The standard InChI is InChI=1S/C16H34O2Si/c1-17-13-16(14-18-2,11-12-19(3,4)5)15-9-7-6-8-10-15/h15H,6-14H2,1-5H3. The number of rotatable bonds is 8. The van der Waals surface area contributed by atoms with Crippen LogP contribution in [0, 0.1) is 11.3 Å². The Kier molecular flexibility index (Phi) is 7.05. The molecule has 0 unspecified atom stereocenters. The van der Waals surface area contributed by atoms with Crippen molar-refractivity contribution in [2.24, 2.45) is 11.3 Å². The van der Waals surface area contributed by atoms with Crippen LogP contribution in [0.4, 0.5) is 0 Å². The molecule has 1 aliphatic carbocycles. The zero-order valence-electron chi connectivity index (χ0n) is 13.8. The molecule has 0 aromatic heterocycles. The highest BCUT2D eigenvalue weighted by Gasteiger charge is 2.40. The first-order chi connectivity index (χ1) is 8.93. The molecule has 2 nitrogen and oxygen atoms in total. The van der Waals surface area contributed by atoms with E-state index in [-0.39, 0.29) is 5.41 Å².